The number of benzene rings is 1. The van der Waals surface area contributed by atoms with Crippen LogP contribution in [0, 0.1) is 5.92 Å². The average Bonchev–Trinajstić information content (AvgIpc) is 3.42. The van der Waals surface area contributed by atoms with Gasteiger partial charge in [0.05, 0.1) is 16.7 Å². The van der Waals surface area contributed by atoms with Crippen molar-refractivity contribution in [2.24, 2.45) is 5.92 Å². The smallest absolute Gasteiger partial charge is 0.166 e. The molecule has 2 aliphatic heterocycles. The molecule has 1 unspecified atom stereocenters. The molecule has 1 aromatic heterocycles. The van der Waals surface area contributed by atoms with Gasteiger partial charge in [0.2, 0.25) is 0 Å². The first-order valence-corrected chi connectivity index (χ1v) is 10.5. The fourth-order valence-electron chi connectivity index (χ4n) is 6.78. The predicted octanol–water partition coefficient (Wildman–Crippen LogP) is 2.49. The van der Waals surface area contributed by atoms with Crippen molar-refractivity contribution in [2.75, 3.05) is 13.1 Å². The first-order valence-electron chi connectivity index (χ1n) is 10.5. The summed E-state index contributed by atoms with van der Waals surface area (Å²) in [6, 6.07) is 7.92. The second-order valence-electron chi connectivity index (χ2n) is 9.47. The summed E-state index contributed by atoms with van der Waals surface area (Å²) in [6.45, 7) is 2.06. The van der Waals surface area contributed by atoms with Gasteiger partial charge in [-0.05, 0) is 61.4 Å². The van der Waals surface area contributed by atoms with E-state index in [1.807, 2.05) is 18.3 Å². The fraction of sp³-hybridized carbons (Fsp3) is 0.522. The maximum absolute atomic E-state index is 12.4. The van der Waals surface area contributed by atoms with Gasteiger partial charge in [0.1, 0.15) is 0 Å². The third-order valence-corrected chi connectivity index (χ3v) is 8.15. The molecule has 1 saturated carbocycles. The molecular formula is C23H24N2O3. The minimum atomic E-state index is -0.896. The predicted molar refractivity (Wildman–Crippen MR) is 102 cm³/mol. The number of piperidine rings is 1. The Hall–Kier alpha value is -2.11. The molecular weight excluding hydrogens is 352 g/mol. The number of nitrogens with zero attached hydrogens (tertiary/aromatic N) is 2. The SMILES string of the molecule is Oc1ccc2c3c1O[C@H]1c4ncccc4C[C@@]4(O)C(C2)N(CC2CC2)CC[C@]314. The summed E-state index contributed by atoms with van der Waals surface area (Å²) in [5, 5.41) is 23.0. The molecule has 3 heterocycles. The van der Waals surface area contributed by atoms with Crippen LogP contribution in [-0.2, 0) is 18.3 Å². The summed E-state index contributed by atoms with van der Waals surface area (Å²) in [7, 11) is 0. The highest BCUT2D eigenvalue weighted by Crippen LogP contribution is 2.68. The van der Waals surface area contributed by atoms with E-state index in [4.69, 9.17) is 4.74 Å². The van der Waals surface area contributed by atoms with E-state index in [-0.39, 0.29) is 17.9 Å². The number of hydrogen-bond donors (Lipinski definition) is 2. The molecule has 4 atom stereocenters. The Morgan fingerprint density at radius 1 is 1.21 bits per heavy atom. The Morgan fingerprint density at radius 3 is 2.96 bits per heavy atom. The van der Waals surface area contributed by atoms with Crippen LogP contribution in [0.15, 0.2) is 30.5 Å². The number of aromatic hydroxyl groups is 1. The van der Waals surface area contributed by atoms with Crippen molar-refractivity contribution in [1.29, 1.82) is 0 Å². The zero-order valence-corrected chi connectivity index (χ0v) is 15.8. The molecule has 5 aliphatic rings. The van der Waals surface area contributed by atoms with Gasteiger partial charge in [-0.2, -0.15) is 0 Å². The summed E-state index contributed by atoms with van der Waals surface area (Å²) in [4.78, 5) is 7.23. The highest BCUT2D eigenvalue weighted by atomic mass is 16.5. The lowest BCUT2D eigenvalue weighted by Gasteiger charge is -2.62. The van der Waals surface area contributed by atoms with Crippen molar-refractivity contribution in [2.45, 2.75) is 55.3 Å². The highest BCUT2D eigenvalue weighted by molar-refractivity contribution is 5.64. The first-order chi connectivity index (χ1) is 13.6. The molecule has 3 aliphatic carbocycles. The lowest BCUT2D eigenvalue weighted by atomic mass is 9.49. The number of hydrogen-bond acceptors (Lipinski definition) is 5. The summed E-state index contributed by atoms with van der Waals surface area (Å²) in [5.74, 6) is 1.55. The highest BCUT2D eigenvalue weighted by Gasteiger charge is 2.72. The van der Waals surface area contributed by atoms with E-state index >= 15 is 0 Å². The average molecular weight is 376 g/mol. The minimum absolute atomic E-state index is 0.0873. The molecule has 28 heavy (non-hydrogen) atoms. The summed E-state index contributed by atoms with van der Waals surface area (Å²) in [5.41, 5.74) is 2.89. The van der Waals surface area contributed by atoms with Crippen LogP contribution < -0.4 is 4.74 Å². The van der Waals surface area contributed by atoms with E-state index in [0.29, 0.717) is 12.2 Å². The molecule has 1 saturated heterocycles. The van der Waals surface area contributed by atoms with Gasteiger partial charge in [0.25, 0.3) is 0 Å². The van der Waals surface area contributed by atoms with Gasteiger partial charge >= 0.3 is 0 Å². The monoisotopic (exact) mass is 376 g/mol. The van der Waals surface area contributed by atoms with E-state index in [1.165, 1.54) is 18.4 Å². The topological polar surface area (TPSA) is 65.8 Å². The molecule has 2 bridgehead atoms. The van der Waals surface area contributed by atoms with Crippen LogP contribution in [0.4, 0.5) is 0 Å². The number of aliphatic hydroxyl groups is 1. The summed E-state index contributed by atoms with van der Waals surface area (Å²) >= 11 is 0. The Kier molecular flexibility index (Phi) is 2.76. The number of phenolic OH excluding ortho intramolecular Hbond substituents is 1. The maximum Gasteiger partial charge on any atom is 0.166 e. The molecule has 1 spiro atoms. The van der Waals surface area contributed by atoms with Crippen molar-refractivity contribution < 1.29 is 14.9 Å². The van der Waals surface area contributed by atoms with Crippen LogP contribution in [0.25, 0.3) is 0 Å². The molecule has 0 amide bonds. The van der Waals surface area contributed by atoms with E-state index in [0.717, 1.165) is 48.7 Å². The normalized spacial score (nSPS) is 37.2. The Bertz CT molecular complexity index is 1020. The van der Waals surface area contributed by atoms with Gasteiger partial charge in [-0.3, -0.25) is 9.88 Å². The zero-order valence-electron chi connectivity index (χ0n) is 15.8. The second-order valence-corrected chi connectivity index (χ2v) is 9.47. The van der Waals surface area contributed by atoms with Crippen LogP contribution in [0.3, 0.4) is 0 Å². The molecule has 2 fully saturated rings. The van der Waals surface area contributed by atoms with Crippen LogP contribution >= 0.6 is 0 Å². The fourth-order valence-corrected chi connectivity index (χ4v) is 6.78. The van der Waals surface area contributed by atoms with Crippen molar-refractivity contribution in [1.82, 2.24) is 9.88 Å². The van der Waals surface area contributed by atoms with E-state index in [1.54, 1.807) is 6.07 Å². The van der Waals surface area contributed by atoms with Gasteiger partial charge in [0.15, 0.2) is 17.6 Å². The molecule has 2 N–H and O–H groups in total. The number of ether oxygens (including phenoxy) is 1. The van der Waals surface area contributed by atoms with Gasteiger partial charge in [-0.25, -0.2) is 0 Å². The van der Waals surface area contributed by atoms with Gasteiger partial charge in [-0.1, -0.05) is 12.1 Å². The number of phenols is 1. The van der Waals surface area contributed by atoms with Gasteiger partial charge in [0, 0.05) is 30.8 Å². The first kappa shape index (κ1) is 15.8. The number of fused-ring (bicyclic) bond motifs is 2. The minimum Gasteiger partial charge on any atom is -0.504 e. The van der Waals surface area contributed by atoms with Crippen LogP contribution in [0.1, 0.15) is 47.8 Å². The Balaban J connectivity index is 1.50. The molecule has 2 aromatic rings. The molecule has 5 heteroatoms. The molecule has 5 nitrogen and oxygen atoms in total. The zero-order chi connectivity index (χ0) is 18.7. The summed E-state index contributed by atoms with van der Waals surface area (Å²) in [6.07, 6.45) is 6.40. The summed E-state index contributed by atoms with van der Waals surface area (Å²) < 4.78 is 6.44. The quantitative estimate of drug-likeness (QED) is 0.843. The number of aromatic nitrogens is 1. The Labute approximate surface area is 164 Å². The molecule has 144 valence electrons. The molecule has 7 rings (SSSR count). The van der Waals surface area contributed by atoms with Gasteiger partial charge < -0.3 is 14.9 Å². The van der Waals surface area contributed by atoms with Gasteiger partial charge in [-0.15, -0.1) is 0 Å². The Morgan fingerprint density at radius 2 is 2.11 bits per heavy atom. The van der Waals surface area contributed by atoms with Crippen molar-refractivity contribution >= 4 is 0 Å². The largest absolute Gasteiger partial charge is 0.504 e. The van der Waals surface area contributed by atoms with Crippen LogP contribution in [0.5, 0.6) is 11.5 Å². The van der Waals surface area contributed by atoms with Crippen LogP contribution in [-0.4, -0.2) is 44.8 Å². The second kappa shape index (κ2) is 4.89. The maximum atomic E-state index is 12.4. The molecule has 1 aromatic carbocycles. The van der Waals surface area contributed by atoms with Crippen LogP contribution in [0.2, 0.25) is 0 Å². The van der Waals surface area contributed by atoms with Crippen molar-refractivity contribution in [3.8, 4) is 11.5 Å². The third-order valence-electron chi connectivity index (χ3n) is 8.15. The lowest BCUT2D eigenvalue weighted by molar-refractivity contribution is -0.173. The molecule has 0 radical (unpaired) electrons. The number of rotatable bonds is 2. The number of pyridine rings is 1. The standard InChI is InChI=1S/C23H24N2O3/c26-16-6-5-14-10-17-23(27)11-15-2-1-8-24-19(15)21-22(23,18(14)20(16)28-21)7-9-25(17)12-13-3-4-13/h1-2,5-6,8,13,17,21,26-27H,3-4,7,9-12H2/t17?,21-,22-,23+/m0/s1. The third kappa shape index (κ3) is 1.66. The number of likely N-dealkylation sites (tertiary alicyclic amines) is 1. The van der Waals surface area contributed by atoms with E-state index in [9.17, 15) is 10.2 Å². The van der Waals surface area contributed by atoms with Crippen molar-refractivity contribution in [3.63, 3.8) is 0 Å². The lowest BCUT2D eigenvalue weighted by Crippen LogP contribution is -2.74. The van der Waals surface area contributed by atoms with E-state index in [2.05, 4.69) is 16.0 Å². The van der Waals surface area contributed by atoms with Crippen molar-refractivity contribution in [3.05, 3.63) is 52.8 Å². The van der Waals surface area contributed by atoms with E-state index < -0.39 is 11.0 Å².